The Hall–Kier alpha value is -2.07. The highest BCUT2D eigenvalue weighted by atomic mass is 16.5. The van der Waals surface area contributed by atoms with Crippen LogP contribution in [0.25, 0.3) is 0 Å². The normalized spacial score (nSPS) is 11.9. The van der Waals surface area contributed by atoms with Gasteiger partial charge in [0.15, 0.2) is 0 Å². The van der Waals surface area contributed by atoms with Crippen LogP contribution in [0.15, 0.2) is 42.6 Å². The van der Waals surface area contributed by atoms with E-state index in [0.29, 0.717) is 12.5 Å². The van der Waals surface area contributed by atoms with E-state index in [1.807, 2.05) is 36.4 Å². The van der Waals surface area contributed by atoms with Crippen molar-refractivity contribution in [1.82, 2.24) is 4.98 Å². The summed E-state index contributed by atoms with van der Waals surface area (Å²) < 4.78 is 11.1. The van der Waals surface area contributed by atoms with Crippen molar-refractivity contribution in [2.45, 2.75) is 26.0 Å². The largest absolute Gasteiger partial charge is 0.488 e. The van der Waals surface area contributed by atoms with Crippen molar-refractivity contribution in [2.75, 3.05) is 7.11 Å². The summed E-state index contributed by atoms with van der Waals surface area (Å²) in [7, 11) is 1.60. The third kappa shape index (κ3) is 3.27. The number of pyridine rings is 1. The Kier molecular flexibility index (Phi) is 4.96. The molecule has 1 aromatic carbocycles. The standard InChI is InChI=1S/C16H20N2O2/c1-3-14(17)13-8-4-5-9-15(13)20-11-12-7-6-10-18-16(12)19-2/h4-10,14H,3,11,17H2,1-2H3. The number of nitrogens with two attached hydrogens (primary N) is 1. The molecule has 2 aromatic rings. The van der Waals surface area contributed by atoms with Crippen LogP contribution in [0.4, 0.5) is 0 Å². The van der Waals surface area contributed by atoms with E-state index in [0.717, 1.165) is 23.3 Å². The zero-order chi connectivity index (χ0) is 14.4. The third-order valence-corrected chi connectivity index (χ3v) is 3.18. The number of para-hydroxylation sites is 1. The molecule has 0 spiro atoms. The van der Waals surface area contributed by atoms with Gasteiger partial charge in [0, 0.05) is 17.8 Å². The van der Waals surface area contributed by atoms with Gasteiger partial charge in [-0.3, -0.25) is 0 Å². The van der Waals surface area contributed by atoms with Crippen molar-refractivity contribution in [3.8, 4) is 11.6 Å². The monoisotopic (exact) mass is 272 g/mol. The summed E-state index contributed by atoms with van der Waals surface area (Å²) in [5.41, 5.74) is 8.04. The van der Waals surface area contributed by atoms with Crippen molar-refractivity contribution >= 4 is 0 Å². The lowest BCUT2D eigenvalue weighted by Crippen LogP contribution is -2.11. The molecule has 0 radical (unpaired) electrons. The predicted octanol–water partition coefficient (Wildman–Crippen LogP) is 3.08. The SMILES string of the molecule is CCC(N)c1ccccc1OCc1cccnc1OC. The summed E-state index contributed by atoms with van der Waals surface area (Å²) in [5.74, 6) is 1.40. The minimum atomic E-state index is -0.0120. The van der Waals surface area contributed by atoms with Gasteiger partial charge in [-0.05, 0) is 24.6 Å². The van der Waals surface area contributed by atoms with Crippen LogP contribution >= 0.6 is 0 Å². The van der Waals surface area contributed by atoms with E-state index in [4.69, 9.17) is 15.2 Å². The molecule has 106 valence electrons. The molecule has 1 atom stereocenters. The lowest BCUT2D eigenvalue weighted by Gasteiger charge is -2.16. The van der Waals surface area contributed by atoms with E-state index in [2.05, 4.69) is 11.9 Å². The van der Waals surface area contributed by atoms with Crippen LogP contribution in [0.3, 0.4) is 0 Å². The fourth-order valence-electron chi connectivity index (χ4n) is 2.01. The Balaban J connectivity index is 2.15. The summed E-state index contributed by atoms with van der Waals surface area (Å²) >= 11 is 0. The number of rotatable bonds is 6. The molecule has 20 heavy (non-hydrogen) atoms. The molecule has 4 nitrogen and oxygen atoms in total. The molecule has 1 heterocycles. The minimum absolute atomic E-state index is 0.0120. The molecule has 4 heteroatoms. The van der Waals surface area contributed by atoms with Crippen LogP contribution in [0.5, 0.6) is 11.6 Å². The van der Waals surface area contributed by atoms with Crippen molar-refractivity contribution in [3.63, 3.8) is 0 Å². The van der Waals surface area contributed by atoms with E-state index in [-0.39, 0.29) is 6.04 Å². The number of aromatic nitrogens is 1. The van der Waals surface area contributed by atoms with Gasteiger partial charge in [0.1, 0.15) is 12.4 Å². The average molecular weight is 272 g/mol. The first-order chi connectivity index (χ1) is 9.76. The number of ether oxygens (including phenoxy) is 2. The van der Waals surface area contributed by atoms with E-state index in [9.17, 15) is 0 Å². The zero-order valence-electron chi connectivity index (χ0n) is 11.9. The van der Waals surface area contributed by atoms with Gasteiger partial charge in [-0.15, -0.1) is 0 Å². The lowest BCUT2D eigenvalue weighted by molar-refractivity contribution is 0.289. The molecule has 0 aliphatic heterocycles. The molecule has 0 aliphatic rings. The summed E-state index contributed by atoms with van der Waals surface area (Å²) in [5, 5.41) is 0. The summed E-state index contributed by atoms with van der Waals surface area (Å²) in [6.45, 7) is 2.47. The number of hydrogen-bond acceptors (Lipinski definition) is 4. The van der Waals surface area contributed by atoms with E-state index < -0.39 is 0 Å². The average Bonchev–Trinajstić information content (AvgIpc) is 2.52. The second-order valence-electron chi connectivity index (χ2n) is 4.51. The fraction of sp³-hybridized carbons (Fsp3) is 0.312. The Morgan fingerprint density at radius 2 is 2.00 bits per heavy atom. The van der Waals surface area contributed by atoms with E-state index >= 15 is 0 Å². The Morgan fingerprint density at radius 1 is 1.20 bits per heavy atom. The van der Waals surface area contributed by atoms with Crippen molar-refractivity contribution in [1.29, 1.82) is 0 Å². The van der Waals surface area contributed by atoms with Gasteiger partial charge in [0.2, 0.25) is 5.88 Å². The zero-order valence-corrected chi connectivity index (χ0v) is 11.9. The molecule has 0 saturated heterocycles. The smallest absolute Gasteiger partial charge is 0.219 e. The molecule has 0 saturated carbocycles. The lowest BCUT2D eigenvalue weighted by atomic mass is 10.0. The van der Waals surface area contributed by atoms with E-state index in [1.165, 1.54) is 0 Å². The van der Waals surface area contributed by atoms with Gasteiger partial charge in [-0.2, -0.15) is 0 Å². The van der Waals surface area contributed by atoms with Crippen LogP contribution in [0.1, 0.15) is 30.5 Å². The molecule has 2 rings (SSSR count). The molecule has 0 aliphatic carbocycles. The first kappa shape index (κ1) is 14.3. The van der Waals surface area contributed by atoms with Gasteiger partial charge < -0.3 is 15.2 Å². The van der Waals surface area contributed by atoms with Gasteiger partial charge in [0.25, 0.3) is 0 Å². The Labute approximate surface area is 119 Å². The first-order valence-corrected chi connectivity index (χ1v) is 6.71. The van der Waals surface area contributed by atoms with Crippen molar-refractivity contribution in [3.05, 3.63) is 53.7 Å². The van der Waals surface area contributed by atoms with Crippen LogP contribution in [-0.4, -0.2) is 12.1 Å². The third-order valence-electron chi connectivity index (χ3n) is 3.18. The maximum atomic E-state index is 6.10. The van der Waals surface area contributed by atoms with Gasteiger partial charge in [-0.25, -0.2) is 4.98 Å². The summed E-state index contributed by atoms with van der Waals surface area (Å²) in [6, 6.07) is 11.7. The number of methoxy groups -OCH3 is 1. The molecular weight excluding hydrogens is 252 g/mol. The molecule has 0 fully saturated rings. The summed E-state index contributed by atoms with van der Waals surface area (Å²) in [4.78, 5) is 4.16. The molecule has 0 bridgehead atoms. The van der Waals surface area contributed by atoms with Crippen LogP contribution < -0.4 is 15.2 Å². The molecule has 1 aromatic heterocycles. The molecule has 0 amide bonds. The van der Waals surface area contributed by atoms with Crippen molar-refractivity contribution < 1.29 is 9.47 Å². The van der Waals surface area contributed by atoms with Crippen LogP contribution in [0, 0.1) is 0 Å². The second-order valence-corrected chi connectivity index (χ2v) is 4.51. The Morgan fingerprint density at radius 3 is 2.75 bits per heavy atom. The Bertz CT molecular complexity index is 558. The number of nitrogens with zero attached hydrogens (tertiary/aromatic N) is 1. The predicted molar refractivity (Wildman–Crippen MR) is 78.8 cm³/mol. The first-order valence-electron chi connectivity index (χ1n) is 6.71. The highest BCUT2D eigenvalue weighted by molar-refractivity contribution is 5.36. The number of benzene rings is 1. The molecule has 1 unspecified atom stereocenters. The maximum absolute atomic E-state index is 6.10. The maximum Gasteiger partial charge on any atom is 0.219 e. The molecular formula is C16H20N2O2. The topological polar surface area (TPSA) is 57.4 Å². The van der Waals surface area contributed by atoms with E-state index in [1.54, 1.807) is 13.3 Å². The quantitative estimate of drug-likeness (QED) is 0.878. The minimum Gasteiger partial charge on any atom is -0.488 e. The number of hydrogen-bond donors (Lipinski definition) is 1. The van der Waals surface area contributed by atoms with Crippen LogP contribution in [0.2, 0.25) is 0 Å². The van der Waals surface area contributed by atoms with Crippen LogP contribution in [-0.2, 0) is 6.61 Å². The fourth-order valence-corrected chi connectivity index (χ4v) is 2.01. The highest BCUT2D eigenvalue weighted by Gasteiger charge is 2.11. The second kappa shape index (κ2) is 6.91. The summed E-state index contributed by atoms with van der Waals surface area (Å²) in [6.07, 6.45) is 2.57. The van der Waals surface area contributed by atoms with Gasteiger partial charge in [-0.1, -0.05) is 25.1 Å². The van der Waals surface area contributed by atoms with Gasteiger partial charge >= 0.3 is 0 Å². The highest BCUT2D eigenvalue weighted by Crippen LogP contribution is 2.27. The molecule has 2 N–H and O–H groups in total. The van der Waals surface area contributed by atoms with Gasteiger partial charge in [0.05, 0.1) is 12.7 Å². The van der Waals surface area contributed by atoms with Crippen molar-refractivity contribution in [2.24, 2.45) is 5.73 Å².